The standard InChI is InChI=1S/C10H14N4O4/c1-4-5-7(10(15)16)12-8-9(14(17)18)11-6(2)13(8)3/h4,7,12H,1,5H2,2-3H3,(H,15,16). The first-order chi connectivity index (χ1) is 8.38. The van der Waals surface area contributed by atoms with E-state index in [0.29, 0.717) is 5.82 Å². The van der Waals surface area contributed by atoms with Crippen molar-refractivity contribution in [2.45, 2.75) is 19.4 Å². The van der Waals surface area contributed by atoms with Gasteiger partial charge < -0.3 is 20.5 Å². The van der Waals surface area contributed by atoms with Gasteiger partial charge >= 0.3 is 11.8 Å². The van der Waals surface area contributed by atoms with E-state index in [9.17, 15) is 14.9 Å². The van der Waals surface area contributed by atoms with Crippen LogP contribution >= 0.6 is 0 Å². The Balaban J connectivity index is 3.12. The zero-order chi connectivity index (χ0) is 13.9. The summed E-state index contributed by atoms with van der Waals surface area (Å²) in [5, 5.41) is 22.4. The Kier molecular flexibility index (Phi) is 4.03. The maximum absolute atomic E-state index is 11.0. The molecule has 0 fully saturated rings. The SMILES string of the molecule is C=CCC(Nc1c([N+](=O)[O-])nc(C)n1C)C(=O)O. The fraction of sp³-hybridized carbons (Fsp3) is 0.400. The van der Waals surface area contributed by atoms with E-state index in [0.717, 1.165) is 0 Å². The molecule has 0 aromatic carbocycles. The van der Waals surface area contributed by atoms with Crippen molar-refractivity contribution in [3.63, 3.8) is 0 Å². The van der Waals surface area contributed by atoms with Gasteiger partial charge in [-0.2, -0.15) is 0 Å². The molecule has 8 heteroatoms. The second-order valence-electron chi connectivity index (χ2n) is 3.71. The van der Waals surface area contributed by atoms with Crippen LogP contribution in [0.2, 0.25) is 0 Å². The van der Waals surface area contributed by atoms with E-state index in [4.69, 9.17) is 5.11 Å². The minimum atomic E-state index is -1.11. The van der Waals surface area contributed by atoms with Gasteiger partial charge in [-0.25, -0.2) is 4.79 Å². The Morgan fingerprint density at radius 2 is 2.39 bits per heavy atom. The molecule has 2 N–H and O–H groups in total. The van der Waals surface area contributed by atoms with E-state index in [1.807, 2.05) is 0 Å². The number of rotatable bonds is 6. The molecule has 8 nitrogen and oxygen atoms in total. The molecule has 0 radical (unpaired) electrons. The van der Waals surface area contributed by atoms with Crippen LogP contribution in [0.15, 0.2) is 12.7 Å². The predicted molar refractivity (Wildman–Crippen MR) is 64.5 cm³/mol. The maximum Gasteiger partial charge on any atom is 0.406 e. The summed E-state index contributed by atoms with van der Waals surface area (Å²) in [5.74, 6) is -0.993. The minimum absolute atomic E-state index is 0.0757. The van der Waals surface area contributed by atoms with Crippen molar-refractivity contribution in [3.8, 4) is 0 Å². The van der Waals surface area contributed by atoms with Crippen molar-refractivity contribution < 1.29 is 14.8 Å². The number of aromatic nitrogens is 2. The summed E-state index contributed by atoms with van der Waals surface area (Å²) < 4.78 is 1.44. The number of imidazole rings is 1. The highest BCUT2D eigenvalue weighted by atomic mass is 16.6. The van der Waals surface area contributed by atoms with Crippen LogP contribution in [0.4, 0.5) is 11.6 Å². The highest BCUT2D eigenvalue weighted by Gasteiger charge is 2.27. The minimum Gasteiger partial charge on any atom is -0.480 e. The average Bonchev–Trinajstić information content (AvgIpc) is 2.56. The molecule has 1 rings (SSSR count). The summed E-state index contributed by atoms with van der Waals surface area (Å²) in [7, 11) is 1.57. The number of anilines is 1. The molecule has 1 unspecified atom stereocenters. The second kappa shape index (κ2) is 5.30. The number of carbonyl (C=O) groups is 1. The summed E-state index contributed by atoms with van der Waals surface area (Å²) in [5.41, 5.74) is 0. The van der Waals surface area contributed by atoms with Crippen LogP contribution in [0.1, 0.15) is 12.2 Å². The van der Waals surface area contributed by atoms with Crippen LogP contribution < -0.4 is 5.32 Å². The van der Waals surface area contributed by atoms with Gasteiger partial charge in [-0.3, -0.25) is 4.57 Å². The third-order valence-corrected chi connectivity index (χ3v) is 2.48. The van der Waals surface area contributed by atoms with Crippen LogP contribution in [0, 0.1) is 17.0 Å². The molecular weight excluding hydrogens is 240 g/mol. The number of carboxylic acids is 1. The largest absolute Gasteiger partial charge is 0.480 e. The summed E-state index contributed by atoms with van der Waals surface area (Å²) in [6.07, 6.45) is 1.58. The Morgan fingerprint density at radius 3 is 2.83 bits per heavy atom. The van der Waals surface area contributed by atoms with Crippen LogP contribution in [0.3, 0.4) is 0 Å². The molecule has 18 heavy (non-hydrogen) atoms. The zero-order valence-electron chi connectivity index (χ0n) is 10.1. The van der Waals surface area contributed by atoms with Gasteiger partial charge in [-0.1, -0.05) is 6.08 Å². The van der Waals surface area contributed by atoms with Crippen molar-refractivity contribution >= 4 is 17.6 Å². The summed E-state index contributed by atoms with van der Waals surface area (Å²) in [6, 6.07) is -0.976. The number of aryl methyl sites for hydroxylation is 1. The Labute approximate surface area is 103 Å². The van der Waals surface area contributed by atoms with E-state index in [1.54, 1.807) is 14.0 Å². The number of hydrogen-bond acceptors (Lipinski definition) is 5. The van der Waals surface area contributed by atoms with E-state index in [2.05, 4.69) is 16.9 Å². The van der Waals surface area contributed by atoms with Crippen LogP contribution in [-0.4, -0.2) is 31.6 Å². The lowest BCUT2D eigenvalue weighted by Gasteiger charge is -2.13. The molecule has 98 valence electrons. The van der Waals surface area contributed by atoms with Gasteiger partial charge in [0.15, 0.2) is 0 Å². The monoisotopic (exact) mass is 254 g/mol. The topological polar surface area (TPSA) is 110 Å². The van der Waals surface area contributed by atoms with Crippen molar-refractivity contribution in [1.29, 1.82) is 0 Å². The van der Waals surface area contributed by atoms with Gasteiger partial charge in [-0.05, 0) is 16.3 Å². The van der Waals surface area contributed by atoms with Gasteiger partial charge in [-0.15, -0.1) is 6.58 Å². The number of hydrogen-bond donors (Lipinski definition) is 2. The predicted octanol–water partition coefficient (Wildman–Crippen LogP) is 1.08. The van der Waals surface area contributed by atoms with Crippen molar-refractivity contribution in [1.82, 2.24) is 9.55 Å². The first kappa shape index (κ1) is 13.7. The van der Waals surface area contributed by atoms with Crippen molar-refractivity contribution in [2.75, 3.05) is 5.32 Å². The third-order valence-electron chi connectivity index (χ3n) is 2.48. The molecule has 0 saturated heterocycles. The number of nitrogens with one attached hydrogen (secondary N) is 1. The van der Waals surface area contributed by atoms with Gasteiger partial charge in [0.05, 0.1) is 0 Å². The molecule has 0 spiro atoms. The Hall–Kier alpha value is -2.38. The molecule has 0 amide bonds. The fourth-order valence-corrected chi connectivity index (χ4v) is 1.43. The lowest BCUT2D eigenvalue weighted by molar-refractivity contribution is -0.388. The first-order valence-corrected chi connectivity index (χ1v) is 5.16. The first-order valence-electron chi connectivity index (χ1n) is 5.16. The third kappa shape index (κ3) is 2.65. The van der Waals surface area contributed by atoms with E-state index in [-0.39, 0.29) is 18.1 Å². The lowest BCUT2D eigenvalue weighted by Crippen LogP contribution is -2.29. The average molecular weight is 254 g/mol. The van der Waals surface area contributed by atoms with Gasteiger partial charge in [0.25, 0.3) is 0 Å². The lowest BCUT2D eigenvalue weighted by atomic mass is 10.2. The van der Waals surface area contributed by atoms with E-state index in [1.165, 1.54) is 10.6 Å². The van der Waals surface area contributed by atoms with Crippen LogP contribution in [0.25, 0.3) is 0 Å². The molecule has 0 saturated carbocycles. The fourth-order valence-electron chi connectivity index (χ4n) is 1.43. The molecule has 1 aromatic heterocycles. The number of nitrogens with zero attached hydrogens (tertiary/aromatic N) is 3. The molecule has 1 heterocycles. The van der Waals surface area contributed by atoms with Gasteiger partial charge in [0, 0.05) is 14.0 Å². The molecule has 1 atom stereocenters. The molecule has 0 aliphatic heterocycles. The maximum atomic E-state index is 11.0. The van der Waals surface area contributed by atoms with Crippen molar-refractivity contribution in [2.24, 2.45) is 7.05 Å². The molecular formula is C10H14N4O4. The Bertz CT molecular complexity index is 494. The Morgan fingerprint density at radius 1 is 1.78 bits per heavy atom. The molecule has 0 bridgehead atoms. The zero-order valence-corrected chi connectivity index (χ0v) is 10.1. The number of carboxylic acid groups (broad SMARTS) is 1. The number of aliphatic carboxylic acids is 1. The van der Waals surface area contributed by atoms with Gasteiger partial charge in [0.1, 0.15) is 6.04 Å². The summed E-state index contributed by atoms with van der Waals surface area (Å²) in [6.45, 7) is 5.05. The summed E-state index contributed by atoms with van der Waals surface area (Å²) in [4.78, 5) is 24.9. The van der Waals surface area contributed by atoms with Crippen LogP contribution in [-0.2, 0) is 11.8 Å². The van der Waals surface area contributed by atoms with Crippen LogP contribution in [0.5, 0.6) is 0 Å². The molecule has 1 aromatic rings. The summed E-state index contributed by atoms with van der Waals surface area (Å²) >= 11 is 0. The number of nitro groups is 1. The highest BCUT2D eigenvalue weighted by molar-refractivity contribution is 5.78. The smallest absolute Gasteiger partial charge is 0.406 e. The second-order valence-corrected chi connectivity index (χ2v) is 3.71. The van der Waals surface area contributed by atoms with E-state index >= 15 is 0 Å². The van der Waals surface area contributed by atoms with E-state index < -0.39 is 16.9 Å². The highest BCUT2D eigenvalue weighted by Crippen LogP contribution is 2.24. The molecule has 0 aliphatic carbocycles. The van der Waals surface area contributed by atoms with Gasteiger partial charge in [0.2, 0.25) is 11.6 Å². The van der Waals surface area contributed by atoms with Crippen molar-refractivity contribution in [3.05, 3.63) is 28.6 Å². The quantitative estimate of drug-likeness (QED) is 0.446. The normalized spacial score (nSPS) is 11.9. The molecule has 0 aliphatic rings.